The van der Waals surface area contributed by atoms with Crippen LogP contribution in [0.3, 0.4) is 0 Å². The minimum absolute atomic E-state index is 0.0569. The fourth-order valence-corrected chi connectivity index (χ4v) is 1.97. The van der Waals surface area contributed by atoms with Gasteiger partial charge in [-0.1, -0.05) is 18.2 Å². The van der Waals surface area contributed by atoms with Crippen molar-refractivity contribution in [3.63, 3.8) is 0 Å². The molecule has 1 aromatic carbocycles. The predicted molar refractivity (Wildman–Crippen MR) is 56.0 cm³/mol. The van der Waals surface area contributed by atoms with Crippen LogP contribution >= 0.6 is 0 Å². The van der Waals surface area contributed by atoms with Crippen LogP contribution in [0.25, 0.3) is 0 Å². The summed E-state index contributed by atoms with van der Waals surface area (Å²) >= 11 is 0. The van der Waals surface area contributed by atoms with Crippen molar-refractivity contribution < 1.29 is 14.6 Å². The maximum absolute atomic E-state index is 10.7. The van der Waals surface area contributed by atoms with Crippen molar-refractivity contribution in [1.29, 1.82) is 0 Å². The van der Waals surface area contributed by atoms with Gasteiger partial charge in [0.25, 0.3) is 0 Å². The van der Waals surface area contributed by atoms with Gasteiger partial charge in [0.15, 0.2) is 0 Å². The predicted octanol–water partition coefficient (Wildman–Crippen LogP) is 2.25. The summed E-state index contributed by atoms with van der Waals surface area (Å²) in [4.78, 5) is 10.7. The smallest absolute Gasteiger partial charge is 0.307 e. The molecule has 1 heterocycles. The van der Waals surface area contributed by atoms with Gasteiger partial charge in [0.05, 0.1) is 6.42 Å². The molecule has 1 atom stereocenters. The second kappa shape index (κ2) is 3.57. The Morgan fingerprint density at radius 2 is 2.27 bits per heavy atom. The molecule has 1 aromatic rings. The largest absolute Gasteiger partial charge is 0.487 e. The van der Waals surface area contributed by atoms with E-state index in [9.17, 15) is 4.79 Å². The summed E-state index contributed by atoms with van der Waals surface area (Å²) in [6, 6.07) is 7.80. The van der Waals surface area contributed by atoms with E-state index in [2.05, 4.69) is 0 Å². The van der Waals surface area contributed by atoms with Crippen molar-refractivity contribution in [3.8, 4) is 5.75 Å². The zero-order chi connectivity index (χ0) is 10.9. The molecule has 15 heavy (non-hydrogen) atoms. The third-order valence-corrected chi connectivity index (χ3v) is 2.78. The summed E-state index contributed by atoms with van der Waals surface area (Å²) in [7, 11) is 0. The number of ether oxygens (including phenoxy) is 1. The molecule has 3 heteroatoms. The highest BCUT2D eigenvalue weighted by Crippen LogP contribution is 2.34. The molecule has 0 fully saturated rings. The van der Waals surface area contributed by atoms with Gasteiger partial charge in [0, 0.05) is 0 Å². The van der Waals surface area contributed by atoms with Crippen LogP contribution in [0.4, 0.5) is 0 Å². The van der Waals surface area contributed by atoms with Crippen LogP contribution in [0.1, 0.15) is 25.3 Å². The van der Waals surface area contributed by atoms with Gasteiger partial charge in [-0.05, 0) is 31.4 Å². The Morgan fingerprint density at radius 1 is 1.53 bits per heavy atom. The molecule has 2 rings (SSSR count). The average molecular weight is 206 g/mol. The van der Waals surface area contributed by atoms with Crippen LogP contribution in [0, 0.1) is 0 Å². The van der Waals surface area contributed by atoms with Gasteiger partial charge in [0.2, 0.25) is 0 Å². The van der Waals surface area contributed by atoms with E-state index >= 15 is 0 Å². The molecule has 1 aliphatic heterocycles. The highest BCUT2D eigenvalue weighted by molar-refractivity contribution is 5.68. The Labute approximate surface area is 88.7 Å². The third kappa shape index (κ3) is 2.12. The van der Waals surface area contributed by atoms with Crippen LogP contribution in [-0.4, -0.2) is 16.7 Å². The Bertz CT molecular complexity index is 386. The highest BCUT2D eigenvalue weighted by Gasteiger charge is 2.33. The van der Waals surface area contributed by atoms with Crippen molar-refractivity contribution in [2.24, 2.45) is 0 Å². The van der Waals surface area contributed by atoms with Crippen LogP contribution in [0.15, 0.2) is 24.3 Å². The van der Waals surface area contributed by atoms with E-state index in [0.29, 0.717) is 0 Å². The molecule has 1 aliphatic rings. The molecule has 0 aromatic heterocycles. The first kappa shape index (κ1) is 10.0. The number of carbonyl (C=O) groups is 1. The Kier molecular flexibility index (Phi) is 2.39. The first-order valence-electron chi connectivity index (χ1n) is 5.08. The molecule has 0 bridgehead atoms. The first-order chi connectivity index (χ1) is 7.09. The fourth-order valence-electron chi connectivity index (χ4n) is 1.97. The number of carboxylic acid groups (broad SMARTS) is 1. The molecular weight excluding hydrogens is 192 g/mol. The van der Waals surface area contributed by atoms with Crippen molar-refractivity contribution in [3.05, 3.63) is 29.8 Å². The molecule has 0 unspecified atom stereocenters. The lowest BCUT2D eigenvalue weighted by Crippen LogP contribution is -2.38. The van der Waals surface area contributed by atoms with Crippen molar-refractivity contribution in [2.45, 2.75) is 31.8 Å². The second-order valence-corrected chi connectivity index (χ2v) is 4.23. The monoisotopic (exact) mass is 206 g/mol. The number of fused-ring (bicyclic) bond motifs is 1. The first-order valence-corrected chi connectivity index (χ1v) is 5.08. The van der Waals surface area contributed by atoms with E-state index in [1.807, 2.05) is 31.2 Å². The van der Waals surface area contributed by atoms with Gasteiger partial charge < -0.3 is 9.84 Å². The molecule has 1 N–H and O–H groups in total. The SMILES string of the molecule is C[C@@]1(CC(=O)O)CCc2ccccc2O1. The summed E-state index contributed by atoms with van der Waals surface area (Å²) in [5.74, 6) is 0.0179. The number of hydrogen-bond donors (Lipinski definition) is 1. The van der Waals surface area contributed by atoms with Gasteiger partial charge in [-0.3, -0.25) is 4.79 Å². The fraction of sp³-hybridized carbons (Fsp3) is 0.417. The molecule has 0 saturated heterocycles. The van der Waals surface area contributed by atoms with Gasteiger partial charge in [-0.15, -0.1) is 0 Å². The lowest BCUT2D eigenvalue weighted by atomic mass is 9.90. The number of rotatable bonds is 2. The number of hydrogen-bond acceptors (Lipinski definition) is 2. The van der Waals surface area contributed by atoms with Crippen molar-refractivity contribution in [1.82, 2.24) is 0 Å². The molecular formula is C12H14O3. The molecule has 3 nitrogen and oxygen atoms in total. The quantitative estimate of drug-likeness (QED) is 0.807. The standard InChI is InChI=1S/C12H14O3/c1-12(8-11(13)14)7-6-9-4-2-3-5-10(9)15-12/h2-5H,6-8H2,1H3,(H,13,14)/t12-/m0/s1. The van der Waals surface area contributed by atoms with Crippen LogP contribution in [-0.2, 0) is 11.2 Å². The van der Waals surface area contributed by atoms with Crippen molar-refractivity contribution >= 4 is 5.97 Å². The number of carboxylic acids is 1. The van der Waals surface area contributed by atoms with E-state index in [0.717, 1.165) is 18.6 Å². The lowest BCUT2D eigenvalue weighted by molar-refractivity contribution is -0.141. The molecule has 0 radical (unpaired) electrons. The van der Waals surface area contributed by atoms with E-state index in [1.54, 1.807) is 0 Å². The van der Waals surface area contributed by atoms with Gasteiger partial charge >= 0.3 is 5.97 Å². The minimum Gasteiger partial charge on any atom is -0.487 e. The van der Waals surface area contributed by atoms with E-state index in [1.165, 1.54) is 5.56 Å². The number of para-hydroxylation sites is 1. The van der Waals surface area contributed by atoms with Gasteiger partial charge in [-0.25, -0.2) is 0 Å². The van der Waals surface area contributed by atoms with Crippen molar-refractivity contribution in [2.75, 3.05) is 0 Å². The molecule has 0 amide bonds. The number of aliphatic carboxylic acids is 1. The van der Waals surface area contributed by atoms with Crippen LogP contribution in [0.5, 0.6) is 5.75 Å². The van der Waals surface area contributed by atoms with E-state index < -0.39 is 11.6 Å². The Morgan fingerprint density at radius 3 is 3.00 bits per heavy atom. The molecule has 0 saturated carbocycles. The Balaban J connectivity index is 2.21. The van der Waals surface area contributed by atoms with E-state index in [4.69, 9.17) is 9.84 Å². The molecule has 80 valence electrons. The molecule has 0 spiro atoms. The highest BCUT2D eigenvalue weighted by atomic mass is 16.5. The van der Waals surface area contributed by atoms with Crippen LogP contribution in [0.2, 0.25) is 0 Å². The number of benzene rings is 1. The second-order valence-electron chi connectivity index (χ2n) is 4.23. The topological polar surface area (TPSA) is 46.5 Å². The zero-order valence-corrected chi connectivity index (χ0v) is 8.69. The summed E-state index contributed by atoms with van der Waals surface area (Å²) in [5.41, 5.74) is 0.612. The summed E-state index contributed by atoms with van der Waals surface area (Å²) in [6.07, 6.45) is 1.71. The third-order valence-electron chi connectivity index (χ3n) is 2.78. The maximum Gasteiger partial charge on any atom is 0.307 e. The lowest BCUT2D eigenvalue weighted by Gasteiger charge is -2.34. The summed E-state index contributed by atoms with van der Waals surface area (Å²) < 4.78 is 5.75. The normalized spacial score (nSPS) is 24.1. The minimum atomic E-state index is -0.808. The summed E-state index contributed by atoms with van der Waals surface area (Å²) in [5, 5.41) is 8.80. The molecule has 0 aliphatic carbocycles. The zero-order valence-electron chi connectivity index (χ0n) is 8.69. The summed E-state index contributed by atoms with van der Waals surface area (Å²) in [6.45, 7) is 1.86. The number of aryl methyl sites for hydroxylation is 1. The maximum atomic E-state index is 10.7. The average Bonchev–Trinajstić information content (AvgIpc) is 2.15. The van der Waals surface area contributed by atoms with Crippen LogP contribution < -0.4 is 4.74 Å². The van der Waals surface area contributed by atoms with E-state index in [-0.39, 0.29) is 6.42 Å². The Hall–Kier alpha value is -1.51. The van der Waals surface area contributed by atoms with Gasteiger partial charge in [0.1, 0.15) is 11.4 Å². The van der Waals surface area contributed by atoms with Gasteiger partial charge in [-0.2, -0.15) is 0 Å².